The minimum atomic E-state index is -0.808. The summed E-state index contributed by atoms with van der Waals surface area (Å²) in [5.74, 6) is -1.61. The zero-order valence-electron chi connectivity index (χ0n) is 23.1. The molecule has 0 aliphatic carbocycles. The first kappa shape index (κ1) is 32.2. The molecule has 2 unspecified atom stereocenters. The Morgan fingerprint density at radius 1 is 0.784 bits per heavy atom. The molecule has 37 heavy (non-hydrogen) atoms. The second-order valence-electron chi connectivity index (χ2n) is 9.13. The summed E-state index contributed by atoms with van der Waals surface area (Å²) in [6.07, 6.45) is 9.79. The number of nitrogens with one attached hydrogen (secondary N) is 2. The predicted molar refractivity (Wildman–Crippen MR) is 144 cm³/mol. The molecule has 0 saturated heterocycles. The van der Waals surface area contributed by atoms with Crippen LogP contribution in [0.5, 0.6) is 0 Å². The van der Waals surface area contributed by atoms with E-state index in [1.807, 2.05) is 13.8 Å². The summed E-state index contributed by atoms with van der Waals surface area (Å²) in [6.45, 7) is 8.27. The van der Waals surface area contributed by atoms with Crippen LogP contribution in [0.15, 0.2) is 11.4 Å². The topological polar surface area (TPSA) is 117 Å². The first-order valence-electron chi connectivity index (χ1n) is 13.3. The fourth-order valence-electron chi connectivity index (χ4n) is 3.92. The van der Waals surface area contributed by atoms with Crippen molar-refractivity contribution in [3.05, 3.63) is 21.9 Å². The predicted octanol–water partition coefficient (Wildman–Crippen LogP) is 5.89. The molecule has 0 aliphatic rings. The lowest BCUT2D eigenvalue weighted by Crippen LogP contribution is -2.44. The van der Waals surface area contributed by atoms with Gasteiger partial charge in [-0.3, -0.25) is 0 Å². The van der Waals surface area contributed by atoms with E-state index < -0.39 is 24.0 Å². The molecule has 4 amide bonds. The van der Waals surface area contributed by atoms with Crippen LogP contribution in [0, 0.1) is 0 Å². The monoisotopic (exact) mass is 540 g/mol. The minimum Gasteiger partial charge on any atom is -0.334 e. The van der Waals surface area contributed by atoms with Crippen LogP contribution in [0.3, 0.4) is 0 Å². The maximum atomic E-state index is 12.4. The number of urea groups is 2. The third-order valence-corrected chi connectivity index (χ3v) is 7.37. The Morgan fingerprint density at radius 3 is 1.68 bits per heavy atom. The van der Waals surface area contributed by atoms with Gasteiger partial charge in [0.05, 0.1) is 5.56 Å². The molecule has 2 N–H and O–H groups in total. The molecular formula is C26H44N4O6S. The maximum Gasteiger partial charge on any atom is 0.372 e. The lowest BCUT2D eigenvalue weighted by molar-refractivity contribution is 0.0275. The average Bonchev–Trinajstić information content (AvgIpc) is 3.40. The van der Waals surface area contributed by atoms with Gasteiger partial charge in [-0.15, -0.1) is 11.3 Å². The zero-order valence-corrected chi connectivity index (χ0v) is 23.9. The number of thiophene rings is 1. The van der Waals surface area contributed by atoms with E-state index in [2.05, 4.69) is 24.8 Å². The van der Waals surface area contributed by atoms with Crippen molar-refractivity contribution in [1.82, 2.24) is 20.8 Å². The Balaban J connectivity index is 2.55. The molecule has 1 heterocycles. The Kier molecular flexibility index (Phi) is 15.3. The second kappa shape index (κ2) is 17.6. The SMILES string of the molecule is CCCCCC(CC)N(C)C(=O)NOC(=O)c1csc(C(=O)ONC(=O)N(C)C(CC)CCCCC)c1. The van der Waals surface area contributed by atoms with E-state index in [4.69, 9.17) is 9.68 Å². The number of carbonyl (C=O) groups excluding carboxylic acids is 4. The van der Waals surface area contributed by atoms with E-state index in [9.17, 15) is 19.2 Å². The molecule has 0 spiro atoms. The fourth-order valence-corrected chi connectivity index (χ4v) is 4.67. The first-order valence-corrected chi connectivity index (χ1v) is 14.1. The summed E-state index contributed by atoms with van der Waals surface area (Å²) in [5.41, 5.74) is 4.43. The standard InChI is InChI=1S/C26H44N4O6S/c1-7-11-13-15-20(9-3)29(5)25(33)27-35-23(31)19-17-22(37-18-19)24(32)36-28-26(34)30(6)21(10-4)16-14-12-8-2/h17-18,20-21H,7-16H2,1-6H3,(H,27,33)(H,28,34). The molecule has 0 fully saturated rings. The number of hydrogen-bond donors (Lipinski definition) is 2. The molecule has 210 valence electrons. The van der Waals surface area contributed by atoms with Gasteiger partial charge in [-0.05, 0) is 31.7 Å². The number of carbonyl (C=O) groups is 4. The largest absolute Gasteiger partial charge is 0.372 e. The van der Waals surface area contributed by atoms with Crippen LogP contribution in [0.4, 0.5) is 9.59 Å². The van der Waals surface area contributed by atoms with Gasteiger partial charge in [-0.2, -0.15) is 11.0 Å². The van der Waals surface area contributed by atoms with Crippen LogP contribution >= 0.6 is 11.3 Å². The molecule has 0 aliphatic heterocycles. The van der Waals surface area contributed by atoms with Crippen molar-refractivity contribution in [2.45, 2.75) is 104 Å². The zero-order chi connectivity index (χ0) is 27.8. The quantitative estimate of drug-likeness (QED) is 0.224. The molecule has 2 atom stereocenters. The Bertz CT molecular complexity index is 795. The number of hydroxylamine groups is 2. The maximum absolute atomic E-state index is 12.4. The van der Waals surface area contributed by atoms with Crippen LogP contribution < -0.4 is 11.0 Å². The van der Waals surface area contributed by atoms with E-state index in [0.717, 1.165) is 75.5 Å². The van der Waals surface area contributed by atoms with Crippen molar-refractivity contribution in [3.8, 4) is 0 Å². The number of amides is 4. The van der Waals surface area contributed by atoms with Crippen molar-refractivity contribution in [3.63, 3.8) is 0 Å². The molecule has 1 aromatic rings. The van der Waals surface area contributed by atoms with Crippen molar-refractivity contribution in [2.24, 2.45) is 0 Å². The van der Waals surface area contributed by atoms with Gasteiger partial charge >= 0.3 is 24.0 Å². The summed E-state index contributed by atoms with van der Waals surface area (Å²) in [6, 6.07) is 0.357. The molecule has 0 aromatic carbocycles. The minimum absolute atomic E-state index is 0.0472. The van der Waals surface area contributed by atoms with E-state index in [1.165, 1.54) is 21.2 Å². The summed E-state index contributed by atoms with van der Waals surface area (Å²) in [4.78, 5) is 62.5. The van der Waals surface area contributed by atoms with Crippen molar-refractivity contribution in [1.29, 1.82) is 0 Å². The average molecular weight is 541 g/mol. The van der Waals surface area contributed by atoms with Gasteiger partial charge in [0.25, 0.3) is 0 Å². The second-order valence-corrected chi connectivity index (χ2v) is 10.0. The van der Waals surface area contributed by atoms with Crippen LogP contribution in [0.1, 0.15) is 112 Å². The van der Waals surface area contributed by atoms with Crippen LogP contribution in [-0.2, 0) is 9.68 Å². The number of nitrogens with zero attached hydrogens (tertiary/aromatic N) is 2. The Morgan fingerprint density at radius 2 is 1.24 bits per heavy atom. The summed E-state index contributed by atoms with van der Waals surface area (Å²) < 4.78 is 0. The molecule has 11 heteroatoms. The normalized spacial score (nSPS) is 12.3. The van der Waals surface area contributed by atoms with Gasteiger partial charge in [-0.1, -0.05) is 66.2 Å². The molecule has 0 radical (unpaired) electrons. The van der Waals surface area contributed by atoms with Gasteiger partial charge in [0.1, 0.15) is 4.88 Å². The fraction of sp³-hybridized carbons (Fsp3) is 0.692. The highest BCUT2D eigenvalue weighted by Gasteiger charge is 2.23. The Hall–Kier alpha value is -2.82. The molecule has 0 bridgehead atoms. The summed E-state index contributed by atoms with van der Waals surface area (Å²) in [5, 5.41) is 1.42. The van der Waals surface area contributed by atoms with E-state index >= 15 is 0 Å². The first-order chi connectivity index (χ1) is 17.7. The van der Waals surface area contributed by atoms with E-state index in [0.29, 0.717) is 0 Å². The molecule has 1 rings (SSSR count). The molecule has 1 aromatic heterocycles. The molecule has 10 nitrogen and oxygen atoms in total. The third kappa shape index (κ3) is 11.0. The van der Waals surface area contributed by atoms with Gasteiger partial charge < -0.3 is 19.5 Å². The van der Waals surface area contributed by atoms with Crippen molar-refractivity contribution >= 4 is 35.3 Å². The Labute approximate surface area is 225 Å². The van der Waals surface area contributed by atoms with Gasteiger partial charge in [0, 0.05) is 31.6 Å². The number of hydrogen-bond acceptors (Lipinski definition) is 7. The van der Waals surface area contributed by atoms with Crippen molar-refractivity contribution < 1.29 is 28.9 Å². The smallest absolute Gasteiger partial charge is 0.334 e. The van der Waals surface area contributed by atoms with Crippen molar-refractivity contribution in [2.75, 3.05) is 14.1 Å². The number of unbranched alkanes of at least 4 members (excludes halogenated alkanes) is 4. The van der Waals surface area contributed by atoms with Crippen LogP contribution in [0.25, 0.3) is 0 Å². The van der Waals surface area contributed by atoms with E-state index in [-0.39, 0.29) is 22.5 Å². The molecular weight excluding hydrogens is 496 g/mol. The van der Waals surface area contributed by atoms with E-state index in [1.54, 1.807) is 14.1 Å². The van der Waals surface area contributed by atoms with Gasteiger partial charge in [0.15, 0.2) is 0 Å². The third-order valence-electron chi connectivity index (χ3n) is 6.46. The highest BCUT2D eigenvalue weighted by Crippen LogP contribution is 2.17. The number of rotatable bonds is 14. The van der Waals surface area contributed by atoms with Gasteiger partial charge in [0.2, 0.25) is 0 Å². The van der Waals surface area contributed by atoms with Crippen LogP contribution in [-0.4, -0.2) is 60.0 Å². The highest BCUT2D eigenvalue weighted by atomic mass is 32.1. The van der Waals surface area contributed by atoms with Gasteiger partial charge in [-0.25, -0.2) is 19.2 Å². The lowest BCUT2D eigenvalue weighted by atomic mass is 10.1. The summed E-state index contributed by atoms with van der Waals surface area (Å²) in [7, 11) is 3.34. The molecule has 0 saturated carbocycles. The summed E-state index contributed by atoms with van der Waals surface area (Å²) >= 11 is 0.967. The lowest BCUT2D eigenvalue weighted by Gasteiger charge is -2.27. The van der Waals surface area contributed by atoms with Crippen LogP contribution in [0.2, 0.25) is 0 Å². The highest BCUT2D eigenvalue weighted by molar-refractivity contribution is 7.12.